The molecule has 0 radical (unpaired) electrons. The van der Waals surface area contributed by atoms with Gasteiger partial charge in [0.15, 0.2) is 0 Å². The summed E-state index contributed by atoms with van der Waals surface area (Å²) in [6, 6.07) is 11.5. The van der Waals surface area contributed by atoms with Gasteiger partial charge in [-0.1, -0.05) is 56.1 Å². The summed E-state index contributed by atoms with van der Waals surface area (Å²) in [7, 11) is -3.73. The predicted molar refractivity (Wildman–Crippen MR) is 92.4 cm³/mol. The van der Waals surface area contributed by atoms with E-state index in [0.29, 0.717) is 5.69 Å². The van der Waals surface area contributed by atoms with Crippen LogP contribution in [0.2, 0.25) is 10.0 Å². The van der Waals surface area contributed by atoms with E-state index in [1.807, 2.05) is 12.1 Å². The third-order valence-corrected chi connectivity index (χ3v) is 4.95. The van der Waals surface area contributed by atoms with Crippen LogP contribution in [0.5, 0.6) is 0 Å². The quantitative estimate of drug-likeness (QED) is 0.831. The van der Waals surface area contributed by atoms with Crippen LogP contribution in [0.3, 0.4) is 0 Å². The normalized spacial score (nSPS) is 12.2. The zero-order valence-electron chi connectivity index (χ0n) is 12.5. The minimum Gasteiger partial charge on any atom is -0.280 e. The lowest BCUT2D eigenvalue weighted by atomic mass is 9.87. The van der Waals surface area contributed by atoms with Gasteiger partial charge in [0, 0.05) is 15.7 Å². The highest BCUT2D eigenvalue weighted by Gasteiger charge is 2.17. The Morgan fingerprint density at radius 3 is 1.86 bits per heavy atom. The Hall–Kier alpha value is -1.23. The highest BCUT2D eigenvalue weighted by atomic mass is 35.5. The Kier molecular flexibility index (Phi) is 4.76. The third kappa shape index (κ3) is 4.15. The number of anilines is 1. The topological polar surface area (TPSA) is 46.2 Å². The molecule has 2 rings (SSSR count). The molecule has 118 valence electrons. The molecule has 22 heavy (non-hydrogen) atoms. The SMILES string of the molecule is CC(C)(C)c1ccc(NS(=O)(=O)c2cc(Cl)cc(Cl)c2)cc1. The van der Waals surface area contributed by atoms with Crippen molar-refractivity contribution in [3.05, 3.63) is 58.1 Å². The lowest BCUT2D eigenvalue weighted by Gasteiger charge is -2.19. The van der Waals surface area contributed by atoms with Crippen molar-refractivity contribution in [3.8, 4) is 0 Å². The summed E-state index contributed by atoms with van der Waals surface area (Å²) in [6.45, 7) is 6.29. The van der Waals surface area contributed by atoms with Crippen LogP contribution in [0.1, 0.15) is 26.3 Å². The van der Waals surface area contributed by atoms with Gasteiger partial charge in [0.2, 0.25) is 0 Å². The molecule has 3 nitrogen and oxygen atoms in total. The highest BCUT2D eigenvalue weighted by Crippen LogP contribution is 2.26. The van der Waals surface area contributed by atoms with Gasteiger partial charge >= 0.3 is 0 Å². The number of benzene rings is 2. The Morgan fingerprint density at radius 1 is 0.909 bits per heavy atom. The average molecular weight is 358 g/mol. The van der Waals surface area contributed by atoms with Crippen molar-refractivity contribution in [3.63, 3.8) is 0 Å². The second-order valence-electron chi connectivity index (χ2n) is 6.04. The van der Waals surface area contributed by atoms with Gasteiger partial charge in [0.05, 0.1) is 4.90 Å². The molecule has 1 N–H and O–H groups in total. The van der Waals surface area contributed by atoms with Crippen LogP contribution < -0.4 is 4.72 Å². The summed E-state index contributed by atoms with van der Waals surface area (Å²) in [5.41, 5.74) is 1.63. The van der Waals surface area contributed by atoms with Crippen molar-refractivity contribution < 1.29 is 8.42 Å². The van der Waals surface area contributed by atoms with E-state index in [1.165, 1.54) is 18.2 Å². The largest absolute Gasteiger partial charge is 0.280 e. The molecule has 0 aliphatic heterocycles. The standard InChI is InChI=1S/C16H17Cl2NO2S/c1-16(2,3)11-4-6-14(7-5-11)19-22(20,21)15-9-12(17)8-13(18)10-15/h4-10,19H,1-3H3. The molecule has 0 saturated heterocycles. The molecule has 0 amide bonds. The highest BCUT2D eigenvalue weighted by molar-refractivity contribution is 7.92. The Balaban J connectivity index is 2.29. The van der Waals surface area contributed by atoms with Crippen LogP contribution in [0.25, 0.3) is 0 Å². The summed E-state index contributed by atoms with van der Waals surface area (Å²) in [4.78, 5) is 0.0323. The maximum absolute atomic E-state index is 12.4. The van der Waals surface area contributed by atoms with Crippen LogP contribution in [0, 0.1) is 0 Å². The van der Waals surface area contributed by atoms with Crippen molar-refractivity contribution in [1.82, 2.24) is 0 Å². The second-order valence-corrected chi connectivity index (χ2v) is 8.59. The van der Waals surface area contributed by atoms with E-state index in [-0.39, 0.29) is 20.4 Å². The van der Waals surface area contributed by atoms with Crippen molar-refractivity contribution >= 4 is 38.9 Å². The fraction of sp³-hybridized carbons (Fsp3) is 0.250. The molecule has 0 fully saturated rings. The predicted octanol–water partition coefficient (Wildman–Crippen LogP) is 5.09. The summed E-state index contributed by atoms with van der Waals surface area (Å²) < 4.78 is 27.2. The summed E-state index contributed by atoms with van der Waals surface area (Å²) >= 11 is 11.7. The molecule has 0 aromatic heterocycles. The van der Waals surface area contributed by atoms with Crippen LogP contribution in [-0.4, -0.2) is 8.42 Å². The summed E-state index contributed by atoms with van der Waals surface area (Å²) in [6.07, 6.45) is 0. The molecule has 6 heteroatoms. The fourth-order valence-corrected chi connectivity index (χ4v) is 3.72. The van der Waals surface area contributed by atoms with Crippen molar-refractivity contribution in [2.45, 2.75) is 31.1 Å². The number of hydrogen-bond acceptors (Lipinski definition) is 2. The van der Waals surface area contributed by atoms with E-state index in [1.54, 1.807) is 12.1 Å². The van der Waals surface area contributed by atoms with Crippen LogP contribution in [0.15, 0.2) is 47.4 Å². The zero-order chi connectivity index (χ0) is 16.5. The van der Waals surface area contributed by atoms with Gasteiger partial charge in [-0.25, -0.2) is 8.42 Å². The molecule has 2 aromatic carbocycles. The fourth-order valence-electron chi connectivity index (χ4n) is 1.94. The summed E-state index contributed by atoms with van der Waals surface area (Å²) in [5, 5.41) is 0.548. The smallest absolute Gasteiger partial charge is 0.261 e. The first-order valence-electron chi connectivity index (χ1n) is 6.67. The van der Waals surface area contributed by atoms with E-state index < -0.39 is 10.0 Å². The molecule has 0 saturated carbocycles. The number of halogens is 2. The number of nitrogens with one attached hydrogen (secondary N) is 1. The molecule has 0 atom stereocenters. The Morgan fingerprint density at radius 2 is 1.41 bits per heavy atom. The van der Waals surface area contributed by atoms with Gasteiger partial charge < -0.3 is 0 Å². The molecule has 2 aromatic rings. The minimum absolute atomic E-state index is 0.0118. The van der Waals surface area contributed by atoms with E-state index in [0.717, 1.165) is 5.56 Å². The molecule has 0 heterocycles. The third-order valence-electron chi connectivity index (χ3n) is 3.15. The van der Waals surface area contributed by atoms with Gasteiger partial charge in [0.25, 0.3) is 10.0 Å². The van der Waals surface area contributed by atoms with Gasteiger partial charge in [-0.3, -0.25) is 4.72 Å². The maximum atomic E-state index is 12.4. The van der Waals surface area contributed by atoms with Crippen molar-refractivity contribution in [2.24, 2.45) is 0 Å². The average Bonchev–Trinajstić information content (AvgIpc) is 2.36. The van der Waals surface area contributed by atoms with E-state index in [4.69, 9.17) is 23.2 Å². The lowest BCUT2D eigenvalue weighted by Crippen LogP contribution is -2.14. The molecule has 0 unspecified atom stereocenters. The van der Waals surface area contributed by atoms with Gasteiger partial charge in [-0.05, 0) is 41.3 Å². The second kappa shape index (κ2) is 6.11. The zero-order valence-corrected chi connectivity index (χ0v) is 14.9. The molecule has 0 bridgehead atoms. The first-order valence-corrected chi connectivity index (χ1v) is 8.91. The molecular formula is C16H17Cl2NO2S. The summed E-state index contributed by atoms with van der Waals surface area (Å²) in [5.74, 6) is 0. The van der Waals surface area contributed by atoms with Gasteiger partial charge in [0.1, 0.15) is 0 Å². The lowest BCUT2D eigenvalue weighted by molar-refractivity contribution is 0.590. The van der Waals surface area contributed by atoms with Gasteiger partial charge in [-0.2, -0.15) is 0 Å². The van der Waals surface area contributed by atoms with Crippen LogP contribution in [-0.2, 0) is 15.4 Å². The molecular weight excluding hydrogens is 341 g/mol. The van der Waals surface area contributed by atoms with E-state index >= 15 is 0 Å². The molecule has 0 aliphatic rings. The number of sulfonamides is 1. The maximum Gasteiger partial charge on any atom is 0.261 e. The van der Waals surface area contributed by atoms with E-state index in [2.05, 4.69) is 25.5 Å². The first kappa shape index (κ1) is 17.1. The Bertz CT molecular complexity index is 759. The number of rotatable bonds is 3. The van der Waals surface area contributed by atoms with E-state index in [9.17, 15) is 8.42 Å². The minimum atomic E-state index is -3.73. The number of hydrogen-bond donors (Lipinski definition) is 1. The molecule has 0 aliphatic carbocycles. The van der Waals surface area contributed by atoms with Crippen LogP contribution in [0.4, 0.5) is 5.69 Å². The van der Waals surface area contributed by atoms with Crippen molar-refractivity contribution in [1.29, 1.82) is 0 Å². The first-order chi connectivity index (χ1) is 10.1. The van der Waals surface area contributed by atoms with Crippen molar-refractivity contribution in [2.75, 3.05) is 4.72 Å². The van der Waals surface area contributed by atoms with Gasteiger partial charge in [-0.15, -0.1) is 0 Å². The van der Waals surface area contributed by atoms with Crippen LogP contribution >= 0.6 is 23.2 Å². The molecule has 0 spiro atoms. The monoisotopic (exact) mass is 357 g/mol. The Labute approximate surface area is 141 Å².